The van der Waals surface area contributed by atoms with Gasteiger partial charge in [-0.2, -0.15) is 26.3 Å². The lowest BCUT2D eigenvalue weighted by molar-refractivity contribution is -0.225. The number of ether oxygens (including phenoxy) is 1. The van der Waals surface area contributed by atoms with Crippen LogP contribution in [0.25, 0.3) is 0 Å². The van der Waals surface area contributed by atoms with Crippen LogP contribution in [-0.2, 0) is 15.7 Å². The molecule has 0 amide bonds. The molecule has 0 heterocycles. The van der Waals surface area contributed by atoms with E-state index in [1.165, 1.54) is 0 Å². The van der Waals surface area contributed by atoms with Gasteiger partial charge in [-0.05, 0) is 17.7 Å². The van der Waals surface area contributed by atoms with Crippen molar-refractivity contribution in [1.82, 2.24) is 0 Å². The van der Waals surface area contributed by atoms with Gasteiger partial charge in [0.1, 0.15) is 6.61 Å². The lowest BCUT2D eigenvalue weighted by atomic mass is 10.1. The average Bonchev–Trinajstić information content (AvgIpc) is 2.26. The summed E-state index contributed by atoms with van der Waals surface area (Å²) in [7, 11) is 0. The molecular formula is C11H8F6O3. The maximum absolute atomic E-state index is 12.7. The van der Waals surface area contributed by atoms with E-state index in [1.54, 1.807) is 0 Å². The van der Waals surface area contributed by atoms with Crippen molar-refractivity contribution in [2.24, 2.45) is 0 Å². The second-order valence-corrected chi connectivity index (χ2v) is 3.75. The molecule has 3 nitrogen and oxygen atoms in total. The third-order valence-electron chi connectivity index (χ3n) is 2.21. The minimum atomic E-state index is -4.94. The van der Waals surface area contributed by atoms with Gasteiger partial charge in [-0.15, -0.1) is 0 Å². The molecule has 0 unspecified atom stereocenters. The van der Waals surface area contributed by atoms with Gasteiger partial charge in [0.15, 0.2) is 6.10 Å². The Labute approximate surface area is 108 Å². The monoisotopic (exact) mass is 302 g/mol. The molecule has 0 fully saturated rings. The van der Waals surface area contributed by atoms with Crippen LogP contribution in [0.15, 0.2) is 24.3 Å². The summed E-state index contributed by atoms with van der Waals surface area (Å²) < 4.78 is 79.0. The molecule has 0 aromatic heterocycles. The van der Waals surface area contributed by atoms with Crippen LogP contribution >= 0.6 is 0 Å². The van der Waals surface area contributed by atoms with Crippen LogP contribution in [0.2, 0.25) is 0 Å². The molecule has 112 valence electrons. The van der Waals surface area contributed by atoms with Crippen LogP contribution < -0.4 is 0 Å². The number of benzene rings is 1. The van der Waals surface area contributed by atoms with E-state index < -0.39 is 42.2 Å². The molecule has 1 N–H and O–H groups in total. The van der Waals surface area contributed by atoms with E-state index >= 15 is 0 Å². The zero-order chi connectivity index (χ0) is 15.6. The highest BCUT2D eigenvalue weighted by Crippen LogP contribution is 2.37. The zero-order valence-electron chi connectivity index (χ0n) is 9.63. The van der Waals surface area contributed by atoms with Gasteiger partial charge in [-0.3, -0.25) is 0 Å². The molecule has 9 heteroatoms. The van der Waals surface area contributed by atoms with Gasteiger partial charge < -0.3 is 9.84 Å². The second kappa shape index (κ2) is 5.70. The first-order valence-corrected chi connectivity index (χ1v) is 5.09. The normalized spacial score (nSPS) is 14.1. The number of rotatable bonds is 4. The van der Waals surface area contributed by atoms with Crippen LogP contribution in [0.3, 0.4) is 0 Å². The van der Waals surface area contributed by atoms with Crippen LogP contribution in [-0.4, -0.2) is 23.9 Å². The largest absolute Gasteiger partial charge is 0.480 e. The minimum Gasteiger partial charge on any atom is -0.480 e. The van der Waals surface area contributed by atoms with Gasteiger partial charge in [0.2, 0.25) is 0 Å². The van der Waals surface area contributed by atoms with Crippen LogP contribution in [0.5, 0.6) is 0 Å². The fourth-order valence-corrected chi connectivity index (χ4v) is 1.38. The van der Waals surface area contributed by atoms with E-state index in [1.807, 2.05) is 0 Å². The molecular weight excluding hydrogens is 294 g/mol. The number of alkyl halides is 6. The molecule has 0 radical (unpaired) electrons. The van der Waals surface area contributed by atoms with E-state index in [4.69, 9.17) is 5.11 Å². The number of aliphatic carboxylic acids is 1. The molecule has 0 spiro atoms. The highest BCUT2D eigenvalue weighted by atomic mass is 19.4. The molecule has 0 saturated carbocycles. The van der Waals surface area contributed by atoms with Gasteiger partial charge in [-0.25, -0.2) is 4.79 Å². The molecule has 1 rings (SSSR count). The van der Waals surface area contributed by atoms with Crippen molar-refractivity contribution in [2.45, 2.75) is 18.5 Å². The first-order valence-electron chi connectivity index (χ1n) is 5.09. The van der Waals surface area contributed by atoms with Gasteiger partial charge >= 0.3 is 18.3 Å². The predicted molar refractivity (Wildman–Crippen MR) is 53.8 cm³/mol. The molecule has 1 aromatic rings. The summed E-state index contributed by atoms with van der Waals surface area (Å²) >= 11 is 0. The van der Waals surface area contributed by atoms with Crippen molar-refractivity contribution in [2.75, 3.05) is 6.61 Å². The lowest BCUT2D eigenvalue weighted by Crippen LogP contribution is -2.26. The Bertz CT molecular complexity index is 463. The Hall–Kier alpha value is -1.77. The fraction of sp³-hybridized carbons (Fsp3) is 0.364. The fourth-order valence-electron chi connectivity index (χ4n) is 1.38. The van der Waals surface area contributed by atoms with E-state index in [-0.39, 0.29) is 0 Å². The van der Waals surface area contributed by atoms with Crippen LogP contribution in [0, 0.1) is 0 Å². The molecule has 0 bridgehead atoms. The summed E-state index contributed by atoms with van der Waals surface area (Å²) in [5, 5.41) is 8.28. The molecule has 0 aliphatic heterocycles. The third kappa shape index (κ3) is 4.41. The van der Waals surface area contributed by atoms with Crippen molar-refractivity contribution in [3.8, 4) is 0 Å². The Morgan fingerprint density at radius 2 is 1.60 bits per heavy atom. The first kappa shape index (κ1) is 16.3. The third-order valence-corrected chi connectivity index (χ3v) is 2.21. The Morgan fingerprint density at radius 1 is 1.10 bits per heavy atom. The number of carbonyl (C=O) groups is 1. The van der Waals surface area contributed by atoms with E-state index in [0.717, 1.165) is 0 Å². The van der Waals surface area contributed by atoms with Gasteiger partial charge in [-0.1, -0.05) is 12.1 Å². The summed E-state index contributed by atoms with van der Waals surface area (Å²) in [4.78, 5) is 10.2. The predicted octanol–water partition coefficient (Wildman–Crippen LogP) is 3.41. The number of hydrogen-bond acceptors (Lipinski definition) is 2. The SMILES string of the molecule is O=C(O)CO[C@H](c1ccc(C(F)(F)F)cc1)C(F)(F)F. The smallest absolute Gasteiger partial charge is 0.418 e. The number of carboxylic acid groups (broad SMARTS) is 1. The molecule has 0 aliphatic rings. The molecule has 0 aliphatic carbocycles. The second-order valence-electron chi connectivity index (χ2n) is 3.75. The quantitative estimate of drug-likeness (QED) is 0.867. The number of halogens is 6. The summed E-state index contributed by atoms with van der Waals surface area (Å²) in [6.45, 7) is -1.22. The lowest BCUT2D eigenvalue weighted by Gasteiger charge is -2.20. The summed E-state index contributed by atoms with van der Waals surface area (Å²) in [6.07, 6.45) is -12.2. The van der Waals surface area contributed by atoms with E-state index in [9.17, 15) is 31.1 Å². The first-order chi connectivity index (χ1) is 9.01. The number of carboxylic acids is 1. The Morgan fingerprint density at radius 3 is 1.95 bits per heavy atom. The Balaban J connectivity index is 3.00. The van der Waals surface area contributed by atoms with E-state index in [2.05, 4.69) is 4.74 Å². The van der Waals surface area contributed by atoms with Gasteiger partial charge in [0.25, 0.3) is 0 Å². The maximum atomic E-state index is 12.7. The highest BCUT2D eigenvalue weighted by Gasteiger charge is 2.42. The Kier molecular flexibility index (Phi) is 4.64. The molecule has 1 atom stereocenters. The maximum Gasteiger partial charge on any atom is 0.418 e. The molecule has 0 saturated heterocycles. The molecule has 20 heavy (non-hydrogen) atoms. The molecule has 1 aromatic carbocycles. The topological polar surface area (TPSA) is 46.5 Å². The summed E-state index contributed by atoms with van der Waals surface area (Å²) in [5.41, 5.74) is -1.72. The summed E-state index contributed by atoms with van der Waals surface area (Å²) in [6, 6.07) is 2.14. The highest BCUT2D eigenvalue weighted by molar-refractivity contribution is 5.68. The van der Waals surface area contributed by atoms with Crippen LogP contribution in [0.4, 0.5) is 26.3 Å². The van der Waals surface area contributed by atoms with Crippen molar-refractivity contribution in [1.29, 1.82) is 0 Å². The van der Waals surface area contributed by atoms with E-state index in [0.29, 0.717) is 24.3 Å². The standard InChI is InChI=1S/C11H8F6O3/c12-10(13,14)7-3-1-6(2-4-7)9(11(15,16)17)20-5-8(18)19/h1-4,9H,5H2,(H,18,19)/t9-/m1/s1. The average molecular weight is 302 g/mol. The van der Waals surface area contributed by atoms with Crippen molar-refractivity contribution < 1.29 is 41.0 Å². The number of hydrogen-bond donors (Lipinski definition) is 1. The van der Waals surface area contributed by atoms with Crippen molar-refractivity contribution in [3.63, 3.8) is 0 Å². The van der Waals surface area contributed by atoms with Gasteiger partial charge in [0.05, 0.1) is 5.56 Å². The minimum absolute atomic E-state index is 0.470. The van der Waals surface area contributed by atoms with Gasteiger partial charge in [0, 0.05) is 0 Å². The zero-order valence-corrected chi connectivity index (χ0v) is 9.63. The summed E-state index contributed by atoms with van der Waals surface area (Å²) in [5.74, 6) is -1.62. The van der Waals surface area contributed by atoms with Crippen LogP contribution in [0.1, 0.15) is 17.2 Å². The van der Waals surface area contributed by atoms with Crippen molar-refractivity contribution >= 4 is 5.97 Å². The van der Waals surface area contributed by atoms with Crippen molar-refractivity contribution in [3.05, 3.63) is 35.4 Å².